The molecule has 1 aromatic heterocycles. The van der Waals surface area contributed by atoms with E-state index in [2.05, 4.69) is 14.6 Å². The van der Waals surface area contributed by atoms with Crippen LogP contribution in [0.4, 0.5) is 19.0 Å². The molecule has 2 unspecified atom stereocenters. The highest BCUT2D eigenvalue weighted by Crippen LogP contribution is 2.32. The first kappa shape index (κ1) is 23.8. The van der Waals surface area contributed by atoms with Crippen LogP contribution >= 0.6 is 0 Å². The van der Waals surface area contributed by atoms with Crippen LogP contribution in [0.5, 0.6) is 0 Å². The molecule has 3 atom stereocenters. The molecule has 0 aromatic carbocycles. The van der Waals surface area contributed by atoms with E-state index < -0.39 is 18.4 Å². The maximum atomic E-state index is 12.6. The number of likely N-dealkylation sites (N-methyl/N-ethyl adjacent to an activating group) is 1. The van der Waals surface area contributed by atoms with Crippen molar-refractivity contribution in [2.75, 3.05) is 31.6 Å². The van der Waals surface area contributed by atoms with Crippen LogP contribution in [0.2, 0.25) is 0 Å². The lowest BCUT2D eigenvalue weighted by Crippen LogP contribution is -2.38. The van der Waals surface area contributed by atoms with Crippen LogP contribution < -0.4 is 4.90 Å². The number of nitrogens with zero attached hydrogens (tertiary/aromatic N) is 3. The van der Waals surface area contributed by atoms with Crippen molar-refractivity contribution < 1.29 is 27.4 Å². The van der Waals surface area contributed by atoms with E-state index in [-0.39, 0.29) is 18.1 Å². The predicted octanol–water partition coefficient (Wildman–Crippen LogP) is 4.25. The highest BCUT2D eigenvalue weighted by atomic mass is 19.4. The molecule has 2 aliphatic rings. The molecule has 1 saturated carbocycles. The summed E-state index contributed by atoms with van der Waals surface area (Å²) in [5, 5.41) is 0. The molecule has 2 fully saturated rings. The molecule has 1 saturated heterocycles. The Hall–Kier alpha value is -1.87. The molecule has 0 spiro atoms. The van der Waals surface area contributed by atoms with Gasteiger partial charge in [-0.15, -0.1) is 13.2 Å². The van der Waals surface area contributed by atoms with Gasteiger partial charge >= 0.3 is 12.3 Å². The number of esters is 1. The first-order chi connectivity index (χ1) is 14.6. The first-order valence-electron chi connectivity index (χ1n) is 11.0. The molecule has 0 N–H and O–H groups in total. The molecule has 1 aromatic rings. The van der Waals surface area contributed by atoms with E-state index in [9.17, 15) is 18.0 Å². The normalized spacial score (nSPS) is 25.1. The summed E-state index contributed by atoms with van der Waals surface area (Å²) in [4.78, 5) is 21.2. The van der Waals surface area contributed by atoms with Gasteiger partial charge in [0.2, 0.25) is 0 Å². The summed E-state index contributed by atoms with van der Waals surface area (Å²) in [5.74, 6) is 0.408. The van der Waals surface area contributed by atoms with Crippen LogP contribution in [-0.4, -0.2) is 67.1 Å². The summed E-state index contributed by atoms with van der Waals surface area (Å²) in [7, 11) is 1.93. The van der Waals surface area contributed by atoms with Crippen LogP contribution in [0, 0.1) is 5.92 Å². The topological polar surface area (TPSA) is 54.9 Å². The molecule has 1 aliphatic heterocycles. The molecule has 174 valence electrons. The van der Waals surface area contributed by atoms with E-state index in [1.165, 1.54) is 0 Å². The van der Waals surface area contributed by atoms with Crippen molar-refractivity contribution in [1.29, 1.82) is 0 Å². The van der Waals surface area contributed by atoms with E-state index in [0.29, 0.717) is 24.2 Å². The Morgan fingerprint density at radius 1 is 1.32 bits per heavy atom. The number of carbonyl (C=O) groups is 1. The summed E-state index contributed by atoms with van der Waals surface area (Å²) in [6, 6.07) is 3.61. The maximum Gasteiger partial charge on any atom is 0.522 e. The monoisotopic (exact) mass is 443 g/mol. The molecule has 0 radical (unpaired) electrons. The molecule has 0 amide bonds. The lowest BCUT2D eigenvalue weighted by atomic mass is 9.87. The van der Waals surface area contributed by atoms with Gasteiger partial charge in [0.25, 0.3) is 0 Å². The number of carbonyl (C=O) groups excluding carboxylic acids is 1. The van der Waals surface area contributed by atoms with Crippen molar-refractivity contribution in [3.63, 3.8) is 0 Å². The lowest BCUT2D eigenvalue weighted by molar-refractivity contribution is -0.346. The van der Waals surface area contributed by atoms with Crippen LogP contribution in [0.25, 0.3) is 0 Å². The third-order valence-corrected chi connectivity index (χ3v) is 6.03. The van der Waals surface area contributed by atoms with Crippen LogP contribution in [0.3, 0.4) is 0 Å². The van der Waals surface area contributed by atoms with E-state index in [1.807, 2.05) is 25.8 Å². The van der Waals surface area contributed by atoms with Crippen LogP contribution in [0.15, 0.2) is 18.3 Å². The molecule has 6 nitrogen and oxygen atoms in total. The zero-order valence-electron chi connectivity index (χ0n) is 18.4. The molecule has 1 aliphatic carbocycles. The van der Waals surface area contributed by atoms with Gasteiger partial charge in [0.15, 0.2) is 0 Å². The predicted molar refractivity (Wildman–Crippen MR) is 111 cm³/mol. The molecule has 3 rings (SSSR count). The zero-order valence-corrected chi connectivity index (χ0v) is 18.4. The minimum Gasteiger partial charge on any atom is -0.459 e. The zero-order chi connectivity index (χ0) is 22.6. The quantitative estimate of drug-likeness (QED) is 0.588. The standard InChI is InChI=1S/C22H32F3N3O3/c1-15(2)30-21(29)19-8-5-10-26-20(19)27(3)17-9-11-28(14-17)13-16-6-4-7-18(12-16)31-22(23,24)25/h5,8,10,15-18H,4,6-7,9,11-14H2,1-3H3/t16?,17-,18?/m1/s1. The van der Waals surface area contributed by atoms with Crippen LogP contribution in [-0.2, 0) is 9.47 Å². The smallest absolute Gasteiger partial charge is 0.459 e. The van der Waals surface area contributed by atoms with Gasteiger partial charge in [-0.05, 0) is 57.6 Å². The summed E-state index contributed by atoms with van der Waals surface area (Å²) in [6.07, 6.45) is -0.341. The molecular weight excluding hydrogens is 411 g/mol. The van der Waals surface area contributed by atoms with Crippen molar-refractivity contribution in [3.8, 4) is 0 Å². The van der Waals surface area contributed by atoms with Crippen molar-refractivity contribution >= 4 is 11.8 Å². The summed E-state index contributed by atoms with van der Waals surface area (Å²) in [5.41, 5.74) is 0.441. The third-order valence-electron chi connectivity index (χ3n) is 6.03. The fourth-order valence-corrected chi connectivity index (χ4v) is 4.65. The number of pyridine rings is 1. The summed E-state index contributed by atoms with van der Waals surface area (Å²) >= 11 is 0. The SMILES string of the molecule is CC(C)OC(=O)c1cccnc1N(C)[C@@H]1CCN(CC2CCCC(OC(F)(F)F)C2)C1. The van der Waals surface area contributed by atoms with E-state index in [0.717, 1.165) is 38.9 Å². The highest BCUT2D eigenvalue weighted by Gasteiger charge is 2.37. The van der Waals surface area contributed by atoms with E-state index in [4.69, 9.17) is 4.74 Å². The van der Waals surface area contributed by atoms with Crippen molar-refractivity contribution in [2.45, 2.75) is 70.6 Å². The Kier molecular flexibility index (Phi) is 7.80. The van der Waals surface area contributed by atoms with Gasteiger partial charge in [0.05, 0.1) is 12.2 Å². The number of likely N-dealkylation sites (tertiary alicyclic amines) is 1. The average molecular weight is 444 g/mol. The third kappa shape index (κ3) is 6.80. The maximum absolute atomic E-state index is 12.6. The first-order valence-corrected chi connectivity index (χ1v) is 11.0. The summed E-state index contributed by atoms with van der Waals surface area (Å²) < 4.78 is 47.3. The number of halogens is 3. The number of ether oxygens (including phenoxy) is 2. The molecular formula is C22H32F3N3O3. The van der Waals surface area contributed by atoms with Gasteiger partial charge in [-0.1, -0.05) is 6.42 Å². The van der Waals surface area contributed by atoms with E-state index in [1.54, 1.807) is 18.3 Å². The van der Waals surface area contributed by atoms with Gasteiger partial charge in [-0.3, -0.25) is 4.74 Å². The number of rotatable bonds is 7. The number of anilines is 1. The average Bonchev–Trinajstić information content (AvgIpc) is 3.14. The second kappa shape index (κ2) is 10.2. The second-order valence-corrected chi connectivity index (χ2v) is 8.86. The molecule has 31 heavy (non-hydrogen) atoms. The van der Waals surface area contributed by atoms with Crippen LogP contribution in [0.1, 0.15) is 56.3 Å². The van der Waals surface area contributed by atoms with Gasteiger partial charge in [0, 0.05) is 38.9 Å². The van der Waals surface area contributed by atoms with Crippen molar-refractivity contribution in [3.05, 3.63) is 23.9 Å². The Labute approximate surface area is 181 Å². The number of hydrogen-bond donors (Lipinski definition) is 0. The fraction of sp³-hybridized carbons (Fsp3) is 0.727. The molecule has 9 heteroatoms. The summed E-state index contributed by atoms with van der Waals surface area (Å²) in [6.45, 7) is 6.04. The van der Waals surface area contributed by atoms with Gasteiger partial charge in [0.1, 0.15) is 11.4 Å². The minimum absolute atomic E-state index is 0.173. The Morgan fingerprint density at radius 2 is 2.10 bits per heavy atom. The number of aromatic nitrogens is 1. The highest BCUT2D eigenvalue weighted by molar-refractivity contribution is 5.94. The Bertz CT molecular complexity index is 744. The Balaban J connectivity index is 1.57. The number of hydrogen-bond acceptors (Lipinski definition) is 6. The van der Waals surface area contributed by atoms with Gasteiger partial charge in [-0.25, -0.2) is 9.78 Å². The molecule has 2 heterocycles. The minimum atomic E-state index is -4.56. The Morgan fingerprint density at radius 3 is 2.81 bits per heavy atom. The lowest BCUT2D eigenvalue weighted by Gasteiger charge is -2.32. The van der Waals surface area contributed by atoms with Gasteiger partial charge in [-0.2, -0.15) is 0 Å². The molecule has 0 bridgehead atoms. The van der Waals surface area contributed by atoms with Gasteiger partial charge < -0.3 is 14.5 Å². The van der Waals surface area contributed by atoms with E-state index >= 15 is 0 Å². The second-order valence-electron chi connectivity index (χ2n) is 8.86. The van der Waals surface area contributed by atoms with Crippen molar-refractivity contribution in [1.82, 2.24) is 9.88 Å². The van der Waals surface area contributed by atoms with Crippen molar-refractivity contribution in [2.24, 2.45) is 5.92 Å². The fourth-order valence-electron chi connectivity index (χ4n) is 4.65. The number of alkyl halides is 3. The largest absolute Gasteiger partial charge is 0.522 e.